The molecular formula is C28H25FN4O2. The van der Waals surface area contributed by atoms with Gasteiger partial charge in [0.2, 0.25) is 0 Å². The second kappa shape index (κ2) is 10.0. The fourth-order valence-electron chi connectivity index (χ4n) is 4.52. The van der Waals surface area contributed by atoms with Crippen molar-refractivity contribution in [3.63, 3.8) is 0 Å². The number of hydrogen-bond acceptors (Lipinski definition) is 5. The second-order valence-corrected chi connectivity index (χ2v) is 8.51. The standard InChI is InChI=1S/C28H25FN4O2/c1-35-22-6-4-5-21(17-22)24-18-31-27(20-9-13-30-14-10-20)32-26(24)19-11-15-33(16-12-19)28(34)23-7-2-3-8-25(23)29/h2-10,13-14,17-19H,11-12,15-16H2,1H3. The molecule has 0 unspecified atom stereocenters. The SMILES string of the molecule is COc1cccc(-c2cnc(-c3ccncc3)nc2C2CCN(C(=O)c3ccccc3F)CC2)c1. The van der Waals surface area contributed by atoms with Crippen LogP contribution in [0.3, 0.4) is 0 Å². The minimum absolute atomic E-state index is 0.116. The number of nitrogens with zero attached hydrogens (tertiary/aromatic N) is 4. The van der Waals surface area contributed by atoms with Gasteiger partial charge < -0.3 is 9.64 Å². The molecule has 0 radical (unpaired) electrons. The third-order valence-corrected chi connectivity index (χ3v) is 6.41. The van der Waals surface area contributed by atoms with Crippen molar-refractivity contribution in [2.45, 2.75) is 18.8 Å². The van der Waals surface area contributed by atoms with Gasteiger partial charge in [0.1, 0.15) is 11.6 Å². The van der Waals surface area contributed by atoms with Crippen molar-refractivity contribution >= 4 is 5.91 Å². The lowest BCUT2D eigenvalue weighted by molar-refractivity contribution is 0.0707. The molecular weight excluding hydrogens is 443 g/mol. The zero-order valence-electron chi connectivity index (χ0n) is 19.4. The van der Waals surface area contributed by atoms with Crippen LogP contribution in [-0.4, -0.2) is 46.0 Å². The summed E-state index contributed by atoms with van der Waals surface area (Å²) in [6.45, 7) is 1.06. The number of pyridine rings is 1. The van der Waals surface area contributed by atoms with E-state index in [0.717, 1.165) is 41.0 Å². The highest BCUT2D eigenvalue weighted by Gasteiger charge is 2.28. The number of carbonyl (C=O) groups is 1. The van der Waals surface area contributed by atoms with Crippen LogP contribution in [0.4, 0.5) is 4.39 Å². The lowest BCUT2D eigenvalue weighted by Crippen LogP contribution is -2.38. The van der Waals surface area contributed by atoms with E-state index in [-0.39, 0.29) is 17.4 Å². The van der Waals surface area contributed by atoms with Gasteiger partial charge in [0.15, 0.2) is 5.82 Å². The van der Waals surface area contributed by atoms with Crippen molar-refractivity contribution in [1.82, 2.24) is 19.9 Å². The number of likely N-dealkylation sites (tertiary alicyclic amines) is 1. The summed E-state index contributed by atoms with van der Waals surface area (Å²) in [4.78, 5) is 28.4. The summed E-state index contributed by atoms with van der Waals surface area (Å²) in [5.41, 5.74) is 3.87. The molecule has 176 valence electrons. The fraction of sp³-hybridized carbons (Fsp3) is 0.214. The van der Waals surface area contributed by atoms with Crippen molar-refractivity contribution in [3.05, 3.63) is 96.3 Å². The number of halogens is 1. The summed E-state index contributed by atoms with van der Waals surface area (Å²) in [6, 6.07) is 17.8. The first kappa shape index (κ1) is 22.7. The quantitative estimate of drug-likeness (QED) is 0.394. The molecule has 6 nitrogen and oxygen atoms in total. The molecule has 0 N–H and O–H groups in total. The molecule has 0 aliphatic carbocycles. The van der Waals surface area contributed by atoms with Gasteiger partial charge in [-0.2, -0.15) is 0 Å². The summed E-state index contributed by atoms with van der Waals surface area (Å²) < 4.78 is 19.6. The number of aromatic nitrogens is 3. The number of rotatable bonds is 5. The molecule has 1 aliphatic rings. The van der Waals surface area contributed by atoms with Crippen LogP contribution in [0.2, 0.25) is 0 Å². The van der Waals surface area contributed by atoms with E-state index < -0.39 is 5.82 Å². The van der Waals surface area contributed by atoms with Gasteiger partial charge in [0.25, 0.3) is 5.91 Å². The number of ether oxygens (including phenoxy) is 1. The Labute approximate surface area is 203 Å². The van der Waals surface area contributed by atoms with Crippen molar-refractivity contribution in [3.8, 4) is 28.3 Å². The summed E-state index contributed by atoms with van der Waals surface area (Å²) in [6.07, 6.45) is 6.76. The molecule has 1 aliphatic heterocycles. The maximum Gasteiger partial charge on any atom is 0.256 e. The van der Waals surface area contributed by atoms with Crippen molar-refractivity contribution in [2.24, 2.45) is 0 Å². The summed E-state index contributed by atoms with van der Waals surface area (Å²) in [5, 5.41) is 0. The van der Waals surface area contributed by atoms with Crippen LogP contribution < -0.4 is 4.74 Å². The minimum atomic E-state index is -0.488. The Morgan fingerprint density at radius 3 is 2.51 bits per heavy atom. The molecule has 0 spiro atoms. The minimum Gasteiger partial charge on any atom is -0.497 e. The molecule has 1 amide bonds. The number of hydrogen-bond donors (Lipinski definition) is 0. The molecule has 2 aromatic heterocycles. The van der Waals surface area contributed by atoms with Crippen LogP contribution in [0.25, 0.3) is 22.5 Å². The van der Waals surface area contributed by atoms with Gasteiger partial charge in [0, 0.05) is 48.7 Å². The molecule has 7 heteroatoms. The fourth-order valence-corrected chi connectivity index (χ4v) is 4.52. The molecule has 1 fully saturated rings. The van der Waals surface area contributed by atoms with Gasteiger partial charge in [-0.25, -0.2) is 14.4 Å². The largest absolute Gasteiger partial charge is 0.497 e. The van der Waals surface area contributed by atoms with Gasteiger partial charge in [-0.1, -0.05) is 24.3 Å². The first-order valence-corrected chi connectivity index (χ1v) is 11.6. The first-order chi connectivity index (χ1) is 17.1. The zero-order valence-corrected chi connectivity index (χ0v) is 19.4. The average Bonchev–Trinajstić information content (AvgIpc) is 2.93. The van der Waals surface area contributed by atoms with E-state index in [4.69, 9.17) is 9.72 Å². The second-order valence-electron chi connectivity index (χ2n) is 8.51. The molecule has 5 rings (SSSR count). The van der Waals surface area contributed by atoms with E-state index in [9.17, 15) is 9.18 Å². The van der Waals surface area contributed by atoms with E-state index in [2.05, 4.69) is 9.97 Å². The van der Waals surface area contributed by atoms with E-state index in [1.54, 1.807) is 36.5 Å². The number of amides is 1. The Kier molecular flexibility index (Phi) is 6.48. The Hall–Kier alpha value is -4.13. The molecule has 2 aromatic carbocycles. The summed E-state index contributed by atoms with van der Waals surface area (Å²) >= 11 is 0. The van der Waals surface area contributed by atoms with Gasteiger partial charge in [-0.15, -0.1) is 0 Å². The smallest absolute Gasteiger partial charge is 0.256 e. The Morgan fingerprint density at radius 1 is 1.00 bits per heavy atom. The topological polar surface area (TPSA) is 68.2 Å². The Morgan fingerprint density at radius 2 is 1.77 bits per heavy atom. The van der Waals surface area contributed by atoms with Gasteiger partial charge in [-0.05, 0) is 54.8 Å². The van der Waals surface area contributed by atoms with Crippen LogP contribution in [0.1, 0.15) is 34.8 Å². The van der Waals surface area contributed by atoms with Gasteiger partial charge >= 0.3 is 0 Å². The molecule has 0 saturated carbocycles. The molecule has 0 atom stereocenters. The molecule has 35 heavy (non-hydrogen) atoms. The average molecular weight is 469 g/mol. The van der Waals surface area contributed by atoms with E-state index >= 15 is 0 Å². The molecule has 4 aromatic rings. The van der Waals surface area contributed by atoms with Crippen molar-refractivity contribution < 1.29 is 13.9 Å². The highest BCUT2D eigenvalue weighted by molar-refractivity contribution is 5.94. The maximum absolute atomic E-state index is 14.2. The van der Waals surface area contributed by atoms with E-state index in [1.807, 2.05) is 42.6 Å². The number of piperidine rings is 1. The monoisotopic (exact) mass is 468 g/mol. The van der Waals surface area contributed by atoms with Crippen LogP contribution in [0.15, 0.2) is 79.3 Å². The predicted molar refractivity (Wildman–Crippen MR) is 132 cm³/mol. The third kappa shape index (κ3) is 4.75. The normalized spacial score (nSPS) is 14.1. The molecule has 1 saturated heterocycles. The maximum atomic E-state index is 14.2. The summed E-state index contributed by atoms with van der Waals surface area (Å²) in [7, 11) is 1.64. The van der Waals surface area contributed by atoms with Crippen molar-refractivity contribution in [1.29, 1.82) is 0 Å². The highest BCUT2D eigenvalue weighted by atomic mass is 19.1. The summed E-state index contributed by atoms with van der Waals surface area (Å²) in [5.74, 6) is 0.771. The third-order valence-electron chi connectivity index (χ3n) is 6.41. The van der Waals surface area contributed by atoms with Crippen LogP contribution in [0.5, 0.6) is 5.75 Å². The van der Waals surface area contributed by atoms with Gasteiger partial charge in [0.05, 0.1) is 18.4 Å². The first-order valence-electron chi connectivity index (χ1n) is 11.6. The highest BCUT2D eigenvalue weighted by Crippen LogP contribution is 2.36. The van der Waals surface area contributed by atoms with Crippen LogP contribution >= 0.6 is 0 Å². The number of benzene rings is 2. The number of methoxy groups -OCH3 is 1. The predicted octanol–water partition coefficient (Wildman–Crippen LogP) is 5.37. The lowest BCUT2D eigenvalue weighted by atomic mass is 9.88. The van der Waals surface area contributed by atoms with Gasteiger partial charge in [-0.3, -0.25) is 9.78 Å². The van der Waals surface area contributed by atoms with Crippen LogP contribution in [0, 0.1) is 5.82 Å². The molecule has 0 bridgehead atoms. The molecule has 3 heterocycles. The Bertz CT molecular complexity index is 1340. The van der Waals surface area contributed by atoms with E-state index in [1.165, 1.54) is 12.1 Å². The number of carbonyl (C=O) groups excluding carboxylic acids is 1. The van der Waals surface area contributed by atoms with Crippen LogP contribution in [-0.2, 0) is 0 Å². The lowest BCUT2D eigenvalue weighted by Gasteiger charge is -2.32. The Balaban J connectivity index is 1.46. The zero-order chi connectivity index (χ0) is 24.2. The van der Waals surface area contributed by atoms with Crippen molar-refractivity contribution in [2.75, 3.05) is 20.2 Å². The van der Waals surface area contributed by atoms with E-state index in [0.29, 0.717) is 18.9 Å².